The van der Waals surface area contributed by atoms with Crippen molar-refractivity contribution in [3.8, 4) is 0 Å². The van der Waals surface area contributed by atoms with Gasteiger partial charge in [0.2, 0.25) is 0 Å². The van der Waals surface area contributed by atoms with Crippen molar-refractivity contribution in [2.24, 2.45) is 0 Å². The van der Waals surface area contributed by atoms with Crippen LogP contribution in [0.25, 0.3) is 0 Å². The lowest BCUT2D eigenvalue weighted by molar-refractivity contribution is -0.0258. The van der Waals surface area contributed by atoms with Gasteiger partial charge in [0, 0.05) is 51.0 Å². The van der Waals surface area contributed by atoms with Crippen LogP contribution in [0.15, 0.2) is 53.4 Å². The smallest absolute Gasteiger partial charge is 0.264 e. The van der Waals surface area contributed by atoms with E-state index in [-0.39, 0.29) is 16.4 Å². The van der Waals surface area contributed by atoms with Gasteiger partial charge in [-0.15, -0.1) is 0 Å². The number of rotatable bonds is 7. The van der Waals surface area contributed by atoms with Crippen molar-refractivity contribution in [2.75, 3.05) is 52.7 Å². The molecular weight excluding hydrogens is 404 g/mol. The molecule has 1 heterocycles. The highest BCUT2D eigenvalue weighted by Crippen LogP contribution is 2.18. The van der Waals surface area contributed by atoms with Gasteiger partial charge in [0.15, 0.2) is 0 Å². The first-order valence-corrected chi connectivity index (χ1v) is 11.2. The predicted octanol–water partition coefficient (Wildman–Crippen LogP) is 1.87. The second-order valence-electron chi connectivity index (χ2n) is 7.36. The van der Waals surface area contributed by atoms with E-state index < -0.39 is 10.0 Å². The van der Waals surface area contributed by atoms with E-state index in [1.54, 1.807) is 6.07 Å². The maximum atomic E-state index is 12.7. The highest BCUT2D eigenvalue weighted by molar-refractivity contribution is 7.89. The minimum atomic E-state index is -3.82. The maximum absolute atomic E-state index is 12.7. The summed E-state index contributed by atoms with van der Waals surface area (Å²) >= 11 is 0. The van der Waals surface area contributed by atoms with Crippen molar-refractivity contribution in [1.82, 2.24) is 14.3 Å². The normalized spacial score (nSPS) is 16.0. The van der Waals surface area contributed by atoms with Crippen molar-refractivity contribution >= 4 is 21.6 Å². The number of nitrogens with zero attached hydrogens (tertiary/aromatic N) is 3. The molecule has 0 saturated carbocycles. The minimum absolute atomic E-state index is 0.0108. The molecule has 1 saturated heterocycles. The topological polar surface area (TPSA) is 82.2 Å². The van der Waals surface area contributed by atoms with Gasteiger partial charge in [-0.2, -0.15) is 0 Å². The minimum Gasteiger partial charge on any atom is -0.322 e. The molecule has 0 bridgehead atoms. The zero-order chi connectivity index (χ0) is 21.7. The summed E-state index contributed by atoms with van der Waals surface area (Å²) in [4.78, 5) is 22.2. The molecule has 162 valence electrons. The summed E-state index contributed by atoms with van der Waals surface area (Å²) in [5.74, 6) is -0.371. The van der Waals surface area contributed by atoms with E-state index in [4.69, 9.17) is 4.84 Å². The first-order valence-electron chi connectivity index (χ1n) is 9.74. The van der Waals surface area contributed by atoms with Crippen LogP contribution >= 0.6 is 0 Å². The number of likely N-dealkylation sites (N-methyl/N-ethyl adjacent to an activating group) is 1. The molecular formula is C21H28N4O4S. The van der Waals surface area contributed by atoms with Gasteiger partial charge in [-0.1, -0.05) is 22.7 Å². The number of nitrogens with one attached hydrogen (secondary N) is 1. The van der Waals surface area contributed by atoms with Gasteiger partial charge in [-0.25, -0.2) is 8.42 Å². The van der Waals surface area contributed by atoms with Crippen molar-refractivity contribution in [1.29, 1.82) is 0 Å². The van der Waals surface area contributed by atoms with E-state index >= 15 is 0 Å². The number of anilines is 1. The number of sulfonamides is 1. The summed E-state index contributed by atoms with van der Waals surface area (Å²) in [7, 11) is 0.870. The van der Waals surface area contributed by atoms with Gasteiger partial charge in [0.25, 0.3) is 15.9 Å². The molecule has 1 aliphatic rings. The molecule has 30 heavy (non-hydrogen) atoms. The molecule has 1 amide bonds. The fraction of sp³-hybridized carbons (Fsp3) is 0.381. The standard InChI is InChI=1S/C21H28N4O4S/c1-23-10-12-25(13-11-23)16-17-6-4-8-19(14-17)22-21(26)18-7-5-9-20(15-18)30(27,28)24(2)29-3/h4-9,14-15H,10-13,16H2,1-3H3,(H,22,26). The summed E-state index contributed by atoms with van der Waals surface area (Å²) in [6, 6.07) is 13.6. The van der Waals surface area contributed by atoms with Crippen molar-refractivity contribution in [2.45, 2.75) is 11.4 Å². The predicted molar refractivity (Wildman–Crippen MR) is 116 cm³/mol. The third kappa shape index (κ3) is 5.44. The largest absolute Gasteiger partial charge is 0.322 e. The van der Waals surface area contributed by atoms with Crippen molar-refractivity contribution < 1.29 is 18.0 Å². The summed E-state index contributed by atoms with van der Waals surface area (Å²) in [6.07, 6.45) is 0. The average molecular weight is 433 g/mol. The van der Waals surface area contributed by atoms with E-state index in [0.717, 1.165) is 42.8 Å². The molecule has 0 radical (unpaired) electrons. The SMILES string of the molecule is CON(C)S(=O)(=O)c1cccc(C(=O)Nc2cccc(CN3CCN(C)CC3)c2)c1. The van der Waals surface area contributed by atoms with Crippen LogP contribution in [0.2, 0.25) is 0 Å². The van der Waals surface area contributed by atoms with E-state index in [1.165, 1.54) is 32.4 Å². The second-order valence-corrected chi connectivity index (χ2v) is 9.29. The van der Waals surface area contributed by atoms with Crippen LogP contribution in [0.3, 0.4) is 0 Å². The third-order valence-corrected chi connectivity index (χ3v) is 6.85. The van der Waals surface area contributed by atoms with Crippen LogP contribution in [0.4, 0.5) is 5.69 Å². The Hall–Kier alpha value is -2.30. The van der Waals surface area contributed by atoms with Gasteiger partial charge in [0.05, 0.1) is 12.0 Å². The molecule has 0 spiro atoms. The Morgan fingerprint density at radius 2 is 1.80 bits per heavy atom. The lowest BCUT2D eigenvalue weighted by Gasteiger charge is -2.32. The monoisotopic (exact) mass is 432 g/mol. The molecule has 1 fully saturated rings. The molecule has 0 atom stereocenters. The van der Waals surface area contributed by atoms with Crippen LogP contribution in [0.5, 0.6) is 0 Å². The average Bonchev–Trinajstić information content (AvgIpc) is 2.75. The summed E-state index contributed by atoms with van der Waals surface area (Å²) in [5, 5.41) is 2.86. The van der Waals surface area contributed by atoms with Crippen LogP contribution in [-0.2, 0) is 21.4 Å². The van der Waals surface area contributed by atoms with Gasteiger partial charge in [0.1, 0.15) is 0 Å². The highest BCUT2D eigenvalue weighted by Gasteiger charge is 2.22. The number of amides is 1. The van der Waals surface area contributed by atoms with Crippen LogP contribution in [-0.4, -0.2) is 76.0 Å². The van der Waals surface area contributed by atoms with Gasteiger partial charge in [-0.05, 0) is 42.9 Å². The van der Waals surface area contributed by atoms with E-state index in [9.17, 15) is 13.2 Å². The first-order chi connectivity index (χ1) is 14.3. The first kappa shape index (κ1) is 22.4. The zero-order valence-corrected chi connectivity index (χ0v) is 18.4. The highest BCUT2D eigenvalue weighted by atomic mass is 32.2. The number of hydrogen-bond acceptors (Lipinski definition) is 6. The molecule has 0 aliphatic carbocycles. The zero-order valence-electron chi connectivity index (χ0n) is 17.5. The van der Waals surface area contributed by atoms with Crippen LogP contribution in [0, 0.1) is 0 Å². The summed E-state index contributed by atoms with van der Waals surface area (Å²) in [6.45, 7) is 4.96. The van der Waals surface area contributed by atoms with E-state index in [0.29, 0.717) is 5.69 Å². The number of carbonyl (C=O) groups excluding carboxylic acids is 1. The molecule has 9 heteroatoms. The van der Waals surface area contributed by atoms with E-state index in [2.05, 4.69) is 22.2 Å². The Bertz CT molecular complexity index is 988. The number of hydrogen-bond donors (Lipinski definition) is 1. The van der Waals surface area contributed by atoms with Gasteiger partial charge < -0.3 is 10.2 Å². The Kier molecular flexibility index (Phi) is 7.22. The van der Waals surface area contributed by atoms with Crippen LogP contribution in [0.1, 0.15) is 15.9 Å². The molecule has 1 aliphatic heterocycles. The third-order valence-electron chi connectivity index (χ3n) is 5.18. The number of benzene rings is 2. The quantitative estimate of drug-likeness (QED) is 0.673. The maximum Gasteiger partial charge on any atom is 0.264 e. The number of piperazine rings is 1. The molecule has 0 unspecified atom stereocenters. The molecule has 0 aromatic heterocycles. The lowest BCUT2D eigenvalue weighted by atomic mass is 10.1. The Labute approximate surface area is 178 Å². The number of hydroxylamine groups is 1. The van der Waals surface area contributed by atoms with Gasteiger partial charge >= 0.3 is 0 Å². The van der Waals surface area contributed by atoms with Crippen molar-refractivity contribution in [3.05, 3.63) is 59.7 Å². The summed E-state index contributed by atoms with van der Waals surface area (Å²) < 4.78 is 25.6. The van der Waals surface area contributed by atoms with E-state index in [1.807, 2.05) is 24.3 Å². The lowest BCUT2D eigenvalue weighted by Crippen LogP contribution is -2.43. The Morgan fingerprint density at radius 3 is 2.50 bits per heavy atom. The Morgan fingerprint density at radius 1 is 1.10 bits per heavy atom. The van der Waals surface area contributed by atoms with Crippen molar-refractivity contribution in [3.63, 3.8) is 0 Å². The molecule has 8 nitrogen and oxygen atoms in total. The molecule has 2 aromatic rings. The fourth-order valence-corrected chi connectivity index (χ4v) is 4.28. The Balaban J connectivity index is 1.70. The van der Waals surface area contributed by atoms with Gasteiger partial charge in [-0.3, -0.25) is 14.5 Å². The molecule has 1 N–H and O–H groups in total. The van der Waals surface area contributed by atoms with Crippen LogP contribution < -0.4 is 5.32 Å². The molecule has 3 rings (SSSR count). The fourth-order valence-electron chi connectivity index (χ4n) is 3.26. The second kappa shape index (κ2) is 9.67. The number of carbonyl (C=O) groups is 1. The molecule has 2 aromatic carbocycles. The summed E-state index contributed by atoms with van der Waals surface area (Å²) in [5.41, 5.74) is 2.05.